The Morgan fingerprint density at radius 3 is 2.65 bits per heavy atom. The Hall–Kier alpha value is -0.650. The Bertz CT molecular complexity index is 440. The molecule has 2 saturated carbocycles. The number of amides is 1. The van der Waals surface area contributed by atoms with Crippen molar-refractivity contribution < 1.29 is 14.6 Å². The number of likely N-dealkylation sites (tertiary alicyclic amines) is 1. The highest BCUT2D eigenvalue weighted by molar-refractivity contribution is 5.79. The van der Waals surface area contributed by atoms with Crippen molar-refractivity contribution in [1.29, 1.82) is 0 Å². The number of rotatable bonds is 4. The number of morpholine rings is 1. The molecule has 5 nitrogen and oxygen atoms in total. The van der Waals surface area contributed by atoms with Gasteiger partial charge in [-0.05, 0) is 51.0 Å². The van der Waals surface area contributed by atoms with E-state index in [1.165, 1.54) is 12.8 Å². The fourth-order valence-corrected chi connectivity index (χ4v) is 5.02. The molecule has 4 unspecified atom stereocenters. The SMILES string of the molecule is O=C(CN1CCCC1C1CCCC1O)N1CCOCC1C1CC1. The minimum atomic E-state index is -0.154. The Balaban J connectivity index is 1.38. The zero-order chi connectivity index (χ0) is 15.8. The van der Waals surface area contributed by atoms with Crippen LogP contribution in [0.2, 0.25) is 0 Å². The largest absolute Gasteiger partial charge is 0.393 e. The summed E-state index contributed by atoms with van der Waals surface area (Å²) in [6.45, 7) is 3.71. The summed E-state index contributed by atoms with van der Waals surface area (Å²) >= 11 is 0. The summed E-state index contributed by atoms with van der Waals surface area (Å²) in [5.74, 6) is 1.34. The van der Waals surface area contributed by atoms with Crippen molar-refractivity contribution in [2.45, 2.75) is 63.1 Å². The van der Waals surface area contributed by atoms with E-state index in [0.29, 0.717) is 37.1 Å². The molecule has 130 valence electrons. The third-order valence-corrected chi connectivity index (χ3v) is 6.43. The molecule has 5 heteroatoms. The van der Waals surface area contributed by atoms with Crippen LogP contribution >= 0.6 is 0 Å². The van der Waals surface area contributed by atoms with Gasteiger partial charge in [-0.1, -0.05) is 6.42 Å². The normalized spacial score (nSPS) is 39.1. The average molecular weight is 322 g/mol. The molecule has 0 aromatic carbocycles. The molecule has 2 aliphatic heterocycles. The highest BCUT2D eigenvalue weighted by atomic mass is 16.5. The zero-order valence-electron chi connectivity index (χ0n) is 14.0. The molecule has 4 fully saturated rings. The molecular formula is C18H30N2O3. The molecule has 0 bridgehead atoms. The van der Waals surface area contributed by atoms with Gasteiger partial charge in [-0.15, -0.1) is 0 Å². The van der Waals surface area contributed by atoms with Crippen molar-refractivity contribution in [1.82, 2.24) is 9.80 Å². The van der Waals surface area contributed by atoms with Gasteiger partial charge in [-0.2, -0.15) is 0 Å². The Morgan fingerprint density at radius 1 is 1.04 bits per heavy atom. The van der Waals surface area contributed by atoms with Crippen LogP contribution < -0.4 is 0 Å². The second-order valence-electron chi connectivity index (χ2n) is 7.91. The fourth-order valence-electron chi connectivity index (χ4n) is 5.02. The van der Waals surface area contributed by atoms with Gasteiger partial charge < -0.3 is 14.7 Å². The molecule has 4 aliphatic rings. The van der Waals surface area contributed by atoms with Crippen LogP contribution in [0.25, 0.3) is 0 Å². The second-order valence-corrected chi connectivity index (χ2v) is 7.91. The standard InChI is InChI=1S/C18H30N2O3/c21-17-5-1-3-14(17)15-4-2-8-19(15)11-18(22)20-9-10-23-12-16(20)13-6-7-13/h13-17,21H,1-12H2. The predicted molar refractivity (Wildman–Crippen MR) is 87.0 cm³/mol. The Labute approximate surface area is 139 Å². The summed E-state index contributed by atoms with van der Waals surface area (Å²) in [6, 6.07) is 0.728. The van der Waals surface area contributed by atoms with E-state index < -0.39 is 0 Å². The van der Waals surface area contributed by atoms with Gasteiger partial charge in [-0.25, -0.2) is 0 Å². The number of ether oxygens (including phenoxy) is 1. The molecule has 0 aromatic rings. The first kappa shape index (κ1) is 15.9. The molecule has 1 N–H and O–H groups in total. The first-order valence-corrected chi connectivity index (χ1v) is 9.53. The third kappa shape index (κ3) is 3.28. The van der Waals surface area contributed by atoms with Crippen LogP contribution in [0.4, 0.5) is 0 Å². The van der Waals surface area contributed by atoms with Crippen LogP contribution in [0.1, 0.15) is 44.9 Å². The van der Waals surface area contributed by atoms with Crippen molar-refractivity contribution in [2.24, 2.45) is 11.8 Å². The zero-order valence-corrected chi connectivity index (χ0v) is 14.0. The van der Waals surface area contributed by atoms with Gasteiger partial charge in [0.05, 0.1) is 31.9 Å². The van der Waals surface area contributed by atoms with Gasteiger partial charge in [0.25, 0.3) is 0 Å². The summed E-state index contributed by atoms with van der Waals surface area (Å²) in [5.41, 5.74) is 0. The predicted octanol–water partition coefficient (Wildman–Crippen LogP) is 1.25. The molecule has 4 atom stereocenters. The number of carbonyl (C=O) groups is 1. The van der Waals surface area contributed by atoms with E-state index in [2.05, 4.69) is 9.80 Å². The van der Waals surface area contributed by atoms with Crippen LogP contribution in [0.15, 0.2) is 0 Å². The van der Waals surface area contributed by atoms with Crippen LogP contribution in [0.3, 0.4) is 0 Å². The Morgan fingerprint density at radius 2 is 1.91 bits per heavy atom. The number of hydrogen-bond acceptors (Lipinski definition) is 4. The summed E-state index contributed by atoms with van der Waals surface area (Å²) in [5, 5.41) is 10.2. The maximum Gasteiger partial charge on any atom is 0.237 e. The van der Waals surface area contributed by atoms with Gasteiger partial charge in [0.15, 0.2) is 0 Å². The lowest BCUT2D eigenvalue weighted by Gasteiger charge is -2.38. The van der Waals surface area contributed by atoms with Gasteiger partial charge >= 0.3 is 0 Å². The minimum absolute atomic E-state index is 0.154. The maximum absolute atomic E-state index is 12.9. The lowest BCUT2D eigenvalue weighted by atomic mass is 9.94. The first-order valence-electron chi connectivity index (χ1n) is 9.53. The summed E-state index contributed by atoms with van der Waals surface area (Å²) in [7, 11) is 0. The smallest absolute Gasteiger partial charge is 0.237 e. The molecule has 2 aliphatic carbocycles. The monoisotopic (exact) mass is 322 g/mol. The van der Waals surface area contributed by atoms with Crippen molar-refractivity contribution in [3.8, 4) is 0 Å². The summed E-state index contributed by atoms with van der Waals surface area (Å²) in [4.78, 5) is 17.4. The maximum atomic E-state index is 12.9. The fraction of sp³-hybridized carbons (Fsp3) is 0.944. The van der Waals surface area contributed by atoms with Gasteiger partial charge in [0, 0.05) is 18.5 Å². The van der Waals surface area contributed by atoms with E-state index >= 15 is 0 Å². The van der Waals surface area contributed by atoms with Crippen LogP contribution in [-0.4, -0.2) is 71.8 Å². The van der Waals surface area contributed by atoms with Crippen LogP contribution in [-0.2, 0) is 9.53 Å². The molecule has 4 rings (SSSR count). The van der Waals surface area contributed by atoms with Crippen molar-refractivity contribution in [2.75, 3.05) is 32.8 Å². The van der Waals surface area contributed by atoms with Gasteiger partial charge in [0.2, 0.25) is 5.91 Å². The lowest BCUT2D eigenvalue weighted by Crippen LogP contribution is -2.53. The highest BCUT2D eigenvalue weighted by Crippen LogP contribution is 2.38. The van der Waals surface area contributed by atoms with E-state index in [0.717, 1.165) is 51.8 Å². The van der Waals surface area contributed by atoms with Crippen molar-refractivity contribution >= 4 is 5.91 Å². The highest BCUT2D eigenvalue weighted by Gasteiger charge is 2.42. The van der Waals surface area contributed by atoms with Crippen molar-refractivity contribution in [3.63, 3.8) is 0 Å². The number of nitrogens with zero attached hydrogens (tertiary/aromatic N) is 2. The molecule has 2 saturated heterocycles. The quantitative estimate of drug-likeness (QED) is 0.846. The van der Waals surface area contributed by atoms with E-state index in [9.17, 15) is 9.90 Å². The number of aliphatic hydroxyl groups is 1. The van der Waals surface area contributed by atoms with E-state index in [1.807, 2.05) is 0 Å². The summed E-state index contributed by atoms with van der Waals surface area (Å²) < 4.78 is 5.61. The molecule has 0 spiro atoms. The molecular weight excluding hydrogens is 292 g/mol. The van der Waals surface area contributed by atoms with E-state index in [1.54, 1.807) is 0 Å². The number of carbonyl (C=O) groups excluding carboxylic acids is 1. The number of aliphatic hydroxyl groups excluding tert-OH is 1. The molecule has 0 radical (unpaired) electrons. The molecule has 2 heterocycles. The van der Waals surface area contributed by atoms with E-state index in [4.69, 9.17) is 4.74 Å². The number of hydrogen-bond donors (Lipinski definition) is 1. The third-order valence-electron chi connectivity index (χ3n) is 6.43. The topological polar surface area (TPSA) is 53.0 Å². The molecule has 1 amide bonds. The second kappa shape index (κ2) is 6.69. The molecule has 23 heavy (non-hydrogen) atoms. The van der Waals surface area contributed by atoms with E-state index in [-0.39, 0.29) is 12.0 Å². The average Bonchev–Trinajstić information content (AvgIpc) is 3.18. The van der Waals surface area contributed by atoms with Crippen molar-refractivity contribution in [3.05, 3.63) is 0 Å². The Kier molecular flexibility index (Phi) is 4.61. The van der Waals surface area contributed by atoms with Crippen LogP contribution in [0, 0.1) is 11.8 Å². The minimum Gasteiger partial charge on any atom is -0.393 e. The van der Waals surface area contributed by atoms with Crippen LogP contribution in [0.5, 0.6) is 0 Å². The first-order chi connectivity index (χ1) is 11.2. The lowest BCUT2D eigenvalue weighted by molar-refractivity contribution is -0.142. The molecule has 0 aromatic heterocycles. The van der Waals surface area contributed by atoms with Gasteiger partial charge in [0.1, 0.15) is 0 Å². The summed E-state index contributed by atoms with van der Waals surface area (Å²) in [6.07, 6.45) is 7.85. The van der Waals surface area contributed by atoms with Gasteiger partial charge in [-0.3, -0.25) is 9.69 Å².